The van der Waals surface area contributed by atoms with E-state index in [1.807, 2.05) is 26.2 Å². The first-order valence-electron chi connectivity index (χ1n) is 12.3. The molecule has 0 fully saturated rings. The molecule has 0 unspecified atom stereocenters. The first-order valence-corrected chi connectivity index (χ1v) is 13.5. The molecule has 0 aromatic carbocycles. The zero-order valence-electron chi connectivity index (χ0n) is 20.7. The molecule has 0 spiro atoms. The molecule has 0 saturated carbocycles. The molecular formula is C24H45N5O3S. The summed E-state index contributed by atoms with van der Waals surface area (Å²) in [7, 11) is 4.03. The van der Waals surface area contributed by atoms with Gasteiger partial charge < -0.3 is 25.7 Å². The van der Waals surface area contributed by atoms with Crippen molar-refractivity contribution in [2.24, 2.45) is 5.73 Å². The molecule has 0 aliphatic carbocycles. The molecule has 1 rings (SSSR count). The van der Waals surface area contributed by atoms with Crippen LogP contribution >= 0.6 is 11.8 Å². The van der Waals surface area contributed by atoms with Crippen LogP contribution in [0.3, 0.4) is 0 Å². The Bertz CT molecular complexity index is 652. The van der Waals surface area contributed by atoms with Gasteiger partial charge >= 0.3 is 0 Å². The summed E-state index contributed by atoms with van der Waals surface area (Å²) in [4.78, 5) is 12.6. The highest BCUT2D eigenvalue weighted by molar-refractivity contribution is 7.98. The molecule has 190 valence electrons. The highest BCUT2D eigenvalue weighted by Gasteiger charge is 2.05. The largest absolute Gasteiger partial charge is 0.464 e. The Kier molecular flexibility index (Phi) is 17.5. The summed E-state index contributed by atoms with van der Waals surface area (Å²) in [6.07, 6.45) is 13.4. The predicted octanol–water partition coefficient (Wildman–Crippen LogP) is 4.69. The van der Waals surface area contributed by atoms with Crippen molar-refractivity contribution >= 4 is 11.8 Å². The number of nitrogens with one attached hydrogen (secondary N) is 2. The van der Waals surface area contributed by atoms with Crippen LogP contribution in [-0.2, 0) is 12.3 Å². The van der Waals surface area contributed by atoms with E-state index in [0.29, 0.717) is 12.4 Å². The normalized spacial score (nSPS) is 11.8. The minimum atomic E-state index is -0.412. The quantitative estimate of drug-likeness (QED) is 0.124. The van der Waals surface area contributed by atoms with Crippen LogP contribution in [0.15, 0.2) is 28.6 Å². The second kappa shape index (κ2) is 19.7. The van der Waals surface area contributed by atoms with Crippen LogP contribution in [0, 0.1) is 10.1 Å². The lowest BCUT2D eigenvalue weighted by Gasteiger charge is -2.11. The summed E-state index contributed by atoms with van der Waals surface area (Å²) in [6, 6.07) is 4.03. The van der Waals surface area contributed by atoms with E-state index in [-0.39, 0.29) is 0 Å². The van der Waals surface area contributed by atoms with Gasteiger partial charge in [0.2, 0.25) is 0 Å². The predicted molar refractivity (Wildman–Crippen MR) is 139 cm³/mol. The van der Waals surface area contributed by atoms with Crippen molar-refractivity contribution in [3.8, 4) is 0 Å². The average molecular weight is 484 g/mol. The third kappa shape index (κ3) is 17.4. The Morgan fingerprint density at radius 2 is 1.58 bits per heavy atom. The fraction of sp³-hybridized carbons (Fsp3) is 0.750. The van der Waals surface area contributed by atoms with Gasteiger partial charge in [0.25, 0.3) is 6.20 Å². The van der Waals surface area contributed by atoms with Crippen molar-refractivity contribution < 1.29 is 9.34 Å². The van der Waals surface area contributed by atoms with Gasteiger partial charge in [-0.3, -0.25) is 10.1 Å². The van der Waals surface area contributed by atoms with Crippen molar-refractivity contribution in [2.45, 2.75) is 76.5 Å². The molecule has 4 N–H and O–H groups in total. The number of unbranched alkanes of at least 4 members (excludes halogenated alkanes) is 9. The molecule has 8 nitrogen and oxygen atoms in total. The first-order chi connectivity index (χ1) is 16.0. The summed E-state index contributed by atoms with van der Waals surface area (Å²) in [6.45, 7) is 3.02. The molecule has 0 aliphatic rings. The smallest absolute Gasteiger partial charge is 0.274 e. The molecule has 9 heteroatoms. The summed E-state index contributed by atoms with van der Waals surface area (Å²) < 4.78 is 5.80. The molecule has 1 heterocycles. The first kappa shape index (κ1) is 29.3. The second-order valence-corrected chi connectivity index (χ2v) is 9.77. The Balaban J connectivity index is 2.07. The Morgan fingerprint density at radius 1 is 1.00 bits per heavy atom. The number of nitro groups is 1. The number of furan rings is 1. The molecule has 0 saturated heterocycles. The lowest BCUT2D eigenvalue weighted by molar-refractivity contribution is -0.404. The maximum atomic E-state index is 10.9. The summed E-state index contributed by atoms with van der Waals surface area (Å²) in [5, 5.41) is 17.2. The third-order valence-corrected chi connectivity index (χ3v) is 6.16. The topological polar surface area (TPSA) is 110 Å². The van der Waals surface area contributed by atoms with Gasteiger partial charge in [-0.2, -0.15) is 11.8 Å². The van der Waals surface area contributed by atoms with Crippen LogP contribution in [0.5, 0.6) is 0 Å². The maximum absolute atomic E-state index is 10.9. The van der Waals surface area contributed by atoms with E-state index in [2.05, 4.69) is 15.5 Å². The molecular weight excluding hydrogens is 438 g/mol. The van der Waals surface area contributed by atoms with E-state index in [0.717, 1.165) is 68.1 Å². The molecule has 0 atom stereocenters. The Morgan fingerprint density at radius 3 is 2.18 bits per heavy atom. The molecule has 33 heavy (non-hydrogen) atoms. The van der Waals surface area contributed by atoms with Crippen molar-refractivity contribution in [2.75, 3.05) is 39.5 Å². The van der Waals surface area contributed by atoms with Gasteiger partial charge in [-0.1, -0.05) is 51.4 Å². The van der Waals surface area contributed by atoms with Crippen molar-refractivity contribution in [1.29, 1.82) is 0 Å². The van der Waals surface area contributed by atoms with Crippen LogP contribution < -0.4 is 16.4 Å². The van der Waals surface area contributed by atoms with Crippen molar-refractivity contribution in [1.82, 2.24) is 15.5 Å². The Hall–Kier alpha value is -1.71. The van der Waals surface area contributed by atoms with E-state index < -0.39 is 4.92 Å². The van der Waals surface area contributed by atoms with Crippen LogP contribution in [0.25, 0.3) is 0 Å². The van der Waals surface area contributed by atoms with Crippen LogP contribution in [0.2, 0.25) is 0 Å². The molecule has 1 aromatic rings. The van der Waals surface area contributed by atoms with Gasteiger partial charge in [-0.15, -0.1) is 0 Å². The van der Waals surface area contributed by atoms with Crippen LogP contribution in [-0.4, -0.2) is 49.3 Å². The highest BCUT2D eigenvalue weighted by atomic mass is 32.2. The molecule has 1 aromatic heterocycles. The lowest BCUT2D eigenvalue weighted by atomic mass is 10.1. The van der Waals surface area contributed by atoms with E-state index in [9.17, 15) is 10.1 Å². The summed E-state index contributed by atoms with van der Waals surface area (Å²) in [5.41, 5.74) is 5.51. The third-order valence-electron chi connectivity index (χ3n) is 5.18. The van der Waals surface area contributed by atoms with E-state index >= 15 is 0 Å². The molecule has 0 aliphatic heterocycles. The van der Waals surface area contributed by atoms with Gasteiger partial charge in [0.1, 0.15) is 11.5 Å². The summed E-state index contributed by atoms with van der Waals surface area (Å²) in [5.74, 6) is 4.05. The number of hydrogen-bond donors (Lipinski definition) is 3. The average Bonchev–Trinajstić information content (AvgIpc) is 3.20. The molecule has 0 radical (unpaired) electrons. The van der Waals surface area contributed by atoms with Gasteiger partial charge in [-0.25, -0.2) is 0 Å². The number of hydrogen-bond acceptors (Lipinski definition) is 8. The number of rotatable bonds is 22. The van der Waals surface area contributed by atoms with Gasteiger partial charge in [0, 0.05) is 18.8 Å². The number of thioether (sulfide) groups is 1. The second-order valence-electron chi connectivity index (χ2n) is 8.66. The SMILES string of the molecule is CN(C)Cc1ccc(CSCCNC(=C[N+](=O)[O-])NCCCCCCCCCCCCN)o1. The minimum Gasteiger partial charge on any atom is -0.464 e. The van der Waals surface area contributed by atoms with Crippen LogP contribution in [0.1, 0.15) is 75.7 Å². The lowest BCUT2D eigenvalue weighted by Crippen LogP contribution is -2.29. The van der Waals surface area contributed by atoms with E-state index in [1.165, 1.54) is 44.9 Å². The Labute approximate surface area is 204 Å². The van der Waals surface area contributed by atoms with Crippen molar-refractivity contribution in [3.05, 3.63) is 45.8 Å². The zero-order chi connectivity index (χ0) is 24.2. The van der Waals surface area contributed by atoms with Crippen LogP contribution in [0.4, 0.5) is 0 Å². The van der Waals surface area contributed by atoms with E-state index in [4.69, 9.17) is 10.2 Å². The molecule has 0 bridgehead atoms. The fourth-order valence-electron chi connectivity index (χ4n) is 3.49. The maximum Gasteiger partial charge on any atom is 0.274 e. The van der Waals surface area contributed by atoms with Gasteiger partial charge in [0.15, 0.2) is 5.82 Å². The van der Waals surface area contributed by atoms with Gasteiger partial charge in [0.05, 0.1) is 17.2 Å². The van der Waals surface area contributed by atoms with Crippen molar-refractivity contribution in [3.63, 3.8) is 0 Å². The zero-order valence-corrected chi connectivity index (χ0v) is 21.5. The number of nitrogens with two attached hydrogens (primary N) is 1. The standard InChI is InChI=1S/C24H45N5O3S/c1-28(2)19-22-13-14-23(32-22)21-33-18-17-27-24(20-29(30)31)26-16-12-10-8-6-4-3-5-7-9-11-15-25/h13-14,20,26-27H,3-12,15-19,21,25H2,1-2H3. The van der Waals surface area contributed by atoms with Gasteiger partial charge in [-0.05, 0) is 45.6 Å². The molecule has 0 amide bonds. The monoisotopic (exact) mass is 483 g/mol. The summed E-state index contributed by atoms with van der Waals surface area (Å²) >= 11 is 1.75. The minimum absolute atomic E-state index is 0.412. The number of nitrogens with zero attached hydrogens (tertiary/aromatic N) is 2. The van der Waals surface area contributed by atoms with E-state index in [1.54, 1.807) is 11.8 Å². The highest BCUT2D eigenvalue weighted by Crippen LogP contribution is 2.16. The fourth-order valence-corrected chi connectivity index (χ4v) is 4.24.